The second-order valence-electron chi connectivity index (χ2n) is 2.82. The number of carbonyl (C=O) groups excluding carboxylic acids is 1. The van der Waals surface area contributed by atoms with Gasteiger partial charge in [-0.3, -0.25) is 4.79 Å². The Morgan fingerprint density at radius 3 is 2.60 bits per heavy atom. The molecule has 2 nitrogen and oxygen atoms in total. The number of hydrogen-bond donors (Lipinski definition) is 0. The lowest BCUT2D eigenvalue weighted by Crippen LogP contribution is -2.06. The lowest BCUT2D eigenvalue weighted by atomic mass is 10.1. The Morgan fingerprint density at radius 2 is 2.07 bits per heavy atom. The van der Waals surface area contributed by atoms with E-state index in [4.69, 9.17) is 0 Å². The predicted molar refractivity (Wildman–Crippen MR) is 55.6 cm³/mol. The van der Waals surface area contributed by atoms with Crippen LogP contribution in [0.4, 0.5) is 8.78 Å². The fourth-order valence-corrected chi connectivity index (χ4v) is 1.53. The highest BCUT2D eigenvalue weighted by molar-refractivity contribution is 7.99. The Morgan fingerprint density at radius 1 is 1.40 bits per heavy atom. The van der Waals surface area contributed by atoms with Crippen molar-refractivity contribution in [2.75, 3.05) is 19.1 Å². The third kappa shape index (κ3) is 2.68. The Hall–Kier alpha value is -1.10. The van der Waals surface area contributed by atoms with E-state index in [0.29, 0.717) is 0 Å². The van der Waals surface area contributed by atoms with Gasteiger partial charge >= 0.3 is 0 Å². The maximum absolute atomic E-state index is 13.3. The maximum Gasteiger partial charge on any atom is 0.175 e. The first kappa shape index (κ1) is 12.0. The van der Waals surface area contributed by atoms with Crippen LogP contribution < -0.4 is 4.74 Å². The predicted octanol–water partition coefficient (Wildman–Crippen LogP) is 2.52. The van der Waals surface area contributed by atoms with Crippen LogP contribution in [0.3, 0.4) is 0 Å². The van der Waals surface area contributed by atoms with E-state index in [1.54, 1.807) is 6.26 Å². The van der Waals surface area contributed by atoms with Crippen LogP contribution in [-0.4, -0.2) is 24.9 Å². The summed E-state index contributed by atoms with van der Waals surface area (Å²) in [5, 5.41) is 0. The van der Waals surface area contributed by atoms with Crippen molar-refractivity contribution in [3.8, 4) is 5.75 Å². The molecule has 0 heterocycles. The SMILES string of the molecule is COc1cc(F)c(C(=O)CSC)cc1F. The molecule has 5 heteroatoms. The number of rotatable bonds is 4. The Bertz CT molecular complexity index is 380. The van der Waals surface area contributed by atoms with Crippen LogP contribution in [0.15, 0.2) is 12.1 Å². The molecule has 0 radical (unpaired) electrons. The summed E-state index contributed by atoms with van der Waals surface area (Å²) >= 11 is 1.26. The van der Waals surface area contributed by atoms with Gasteiger partial charge in [0.05, 0.1) is 18.4 Å². The van der Waals surface area contributed by atoms with Crippen molar-refractivity contribution in [3.63, 3.8) is 0 Å². The molecule has 0 spiro atoms. The molecule has 15 heavy (non-hydrogen) atoms. The number of benzene rings is 1. The van der Waals surface area contributed by atoms with Crippen LogP contribution in [0.25, 0.3) is 0 Å². The van der Waals surface area contributed by atoms with E-state index in [9.17, 15) is 13.6 Å². The average Bonchev–Trinajstić information content (AvgIpc) is 2.21. The molecule has 0 aliphatic rings. The first-order valence-corrected chi connectivity index (χ1v) is 5.54. The lowest BCUT2D eigenvalue weighted by Gasteiger charge is -2.05. The van der Waals surface area contributed by atoms with E-state index in [1.807, 2.05) is 0 Å². The zero-order valence-corrected chi connectivity index (χ0v) is 9.16. The van der Waals surface area contributed by atoms with Crippen LogP contribution in [0, 0.1) is 11.6 Å². The lowest BCUT2D eigenvalue weighted by molar-refractivity contribution is 0.101. The molecule has 0 aromatic heterocycles. The van der Waals surface area contributed by atoms with Gasteiger partial charge in [-0.15, -0.1) is 0 Å². The monoisotopic (exact) mass is 232 g/mol. The number of carbonyl (C=O) groups is 1. The molecule has 0 aliphatic carbocycles. The first-order chi connectivity index (χ1) is 7.10. The maximum atomic E-state index is 13.3. The molecule has 0 saturated heterocycles. The number of thioether (sulfide) groups is 1. The van der Waals surface area contributed by atoms with Crippen molar-refractivity contribution in [1.29, 1.82) is 0 Å². The van der Waals surface area contributed by atoms with Crippen LogP contribution in [0.1, 0.15) is 10.4 Å². The van der Waals surface area contributed by atoms with E-state index in [0.717, 1.165) is 12.1 Å². The molecule has 1 rings (SSSR count). The second kappa shape index (κ2) is 5.11. The number of ketones is 1. The summed E-state index contributed by atoms with van der Waals surface area (Å²) in [5.74, 6) is -1.99. The van der Waals surface area contributed by atoms with Crippen molar-refractivity contribution < 1.29 is 18.3 Å². The highest BCUT2D eigenvalue weighted by atomic mass is 32.2. The molecule has 82 valence electrons. The zero-order chi connectivity index (χ0) is 11.4. The van der Waals surface area contributed by atoms with Gasteiger partial charge in [0.25, 0.3) is 0 Å². The Labute approximate surface area is 90.6 Å². The van der Waals surface area contributed by atoms with Gasteiger partial charge in [0.1, 0.15) is 5.82 Å². The van der Waals surface area contributed by atoms with Crippen molar-refractivity contribution in [1.82, 2.24) is 0 Å². The van der Waals surface area contributed by atoms with Gasteiger partial charge in [0.15, 0.2) is 17.3 Å². The molecule has 0 unspecified atom stereocenters. The van der Waals surface area contributed by atoms with Crippen LogP contribution in [0.2, 0.25) is 0 Å². The van der Waals surface area contributed by atoms with E-state index in [-0.39, 0.29) is 17.1 Å². The van der Waals surface area contributed by atoms with Crippen molar-refractivity contribution in [2.45, 2.75) is 0 Å². The van der Waals surface area contributed by atoms with Crippen molar-refractivity contribution in [3.05, 3.63) is 29.3 Å². The molecule has 1 aromatic rings. The smallest absolute Gasteiger partial charge is 0.175 e. The summed E-state index contributed by atoms with van der Waals surface area (Å²) < 4.78 is 31.1. The van der Waals surface area contributed by atoms with Crippen molar-refractivity contribution >= 4 is 17.5 Å². The normalized spacial score (nSPS) is 10.1. The summed E-state index contributed by atoms with van der Waals surface area (Å²) in [6.45, 7) is 0. The minimum Gasteiger partial charge on any atom is -0.494 e. The van der Waals surface area contributed by atoms with Gasteiger partial charge in [0, 0.05) is 6.07 Å². The van der Waals surface area contributed by atoms with Gasteiger partial charge in [-0.1, -0.05) is 0 Å². The molecular weight excluding hydrogens is 222 g/mol. The minimum absolute atomic E-state index is 0.128. The summed E-state index contributed by atoms with van der Waals surface area (Å²) in [4.78, 5) is 11.3. The highest BCUT2D eigenvalue weighted by Gasteiger charge is 2.15. The van der Waals surface area contributed by atoms with Gasteiger partial charge in [-0.25, -0.2) is 8.78 Å². The number of methoxy groups -OCH3 is 1. The average molecular weight is 232 g/mol. The van der Waals surface area contributed by atoms with Crippen molar-refractivity contribution in [2.24, 2.45) is 0 Å². The fourth-order valence-electron chi connectivity index (χ4n) is 1.11. The third-order valence-corrected chi connectivity index (χ3v) is 2.37. The topological polar surface area (TPSA) is 26.3 Å². The van der Waals surface area contributed by atoms with E-state index < -0.39 is 17.4 Å². The van der Waals surface area contributed by atoms with E-state index in [1.165, 1.54) is 18.9 Å². The number of hydrogen-bond acceptors (Lipinski definition) is 3. The molecule has 0 N–H and O–H groups in total. The third-order valence-electron chi connectivity index (χ3n) is 1.82. The largest absolute Gasteiger partial charge is 0.494 e. The van der Waals surface area contributed by atoms with Crippen LogP contribution >= 0.6 is 11.8 Å². The number of Topliss-reactive ketones (excluding diaryl/α,β-unsaturated/α-hetero) is 1. The van der Waals surface area contributed by atoms with Gasteiger partial charge in [-0.2, -0.15) is 11.8 Å². The molecule has 0 amide bonds. The molecule has 0 saturated carbocycles. The summed E-state index contributed by atoms with van der Waals surface area (Å²) in [6.07, 6.45) is 1.72. The van der Waals surface area contributed by atoms with E-state index in [2.05, 4.69) is 4.74 Å². The summed E-state index contributed by atoms with van der Waals surface area (Å²) in [5.41, 5.74) is -0.234. The number of ether oxygens (including phenoxy) is 1. The first-order valence-electron chi connectivity index (χ1n) is 4.15. The van der Waals surface area contributed by atoms with Crippen LogP contribution in [-0.2, 0) is 0 Å². The van der Waals surface area contributed by atoms with Gasteiger partial charge in [-0.05, 0) is 12.3 Å². The van der Waals surface area contributed by atoms with Gasteiger partial charge in [0.2, 0.25) is 0 Å². The Kier molecular flexibility index (Phi) is 4.08. The van der Waals surface area contributed by atoms with Gasteiger partial charge < -0.3 is 4.74 Å². The fraction of sp³-hybridized carbons (Fsp3) is 0.300. The molecule has 0 atom stereocenters. The quantitative estimate of drug-likeness (QED) is 0.746. The zero-order valence-electron chi connectivity index (χ0n) is 8.34. The summed E-state index contributed by atoms with van der Waals surface area (Å²) in [6, 6.07) is 1.75. The number of halogens is 2. The second-order valence-corrected chi connectivity index (χ2v) is 3.69. The molecule has 0 bridgehead atoms. The Balaban J connectivity index is 3.10. The molecule has 1 aromatic carbocycles. The molecular formula is C10H10F2O2S. The minimum atomic E-state index is -0.757. The standard InChI is InChI=1S/C10H10F2O2S/c1-14-10-4-7(11)6(3-8(10)12)9(13)5-15-2/h3-4H,5H2,1-2H3. The molecule has 0 aliphatic heterocycles. The highest BCUT2D eigenvalue weighted by Crippen LogP contribution is 2.22. The summed E-state index contributed by atoms with van der Waals surface area (Å²) in [7, 11) is 1.24. The van der Waals surface area contributed by atoms with E-state index >= 15 is 0 Å². The van der Waals surface area contributed by atoms with Crippen LogP contribution in [0.5, 0.6) is 5.75 Å². The molecule has 0 fully saturated rings.